The van der Waals surface area contributed by atoms with E-state index >= 15 is 0 Å². The van der Waals surface area contributed by atoms with E-state index in [-0.39, 0.29) is 5.69 Å². The number of hydrogen-bond donors (Lipinski definition) is 0. The fourth-order valence-corrected chi connectivity index (χ4v) is 1.54. The van der Waals surface area contributed by atoms with Gasteiger partial charge in [0.1, 0.15) is 5.69 Å². The maximum atomic E-state index is 12.3. The third-order valence-corrected chi connectivity index (χ3v) is 2.61. The van der Waals surface area contributed by atoms with Crippen LogP contribution in [0.3, 0.4) is 0 Å². The zero-order valence-electron chi connectivity index (χ0n) is 8.56. The third-order valence-electron chi connectivity index (χ3n) is 2.27. The van der Waals surface area contributed by atoms with Gasteiger partial charge in [0.15, 0.2) is 12.7 Å². The SMILES string of the molecule is O=CC1(c2ccc(C(F)(F)F)cn2)OC=NN1Cl. The van der Waals surface area contributed by atoms with Crippen molar-refractivity contribution in [1.29, 1.82) is 0 Å². The average molecular weight is 280 g/mol. The molecule has 96 valence electrons. The lowest BCUT2D eigenvalue weighted by molar-refractivity contribution is -0.138. The molecule has 0 spiro atoms. The summed E-state index contributed by atoms with van der Waals surface area (Å²) in [6.07, 6.45) is -2.72. The molecule has 5 nitrogen and oxygen atoms in total. The molecule has 1 atom stereocenters. The standard InChI is InChI=1S/C9H5ClF3N3O2/c10-16-8(4-17,18-5-15-16)7-2-1-6(3-14-7)9(11,12)13/h1-5H. The highest BCUT2D eigenvalue weighted by Gasteiger charge is 2.45. The van der Waals surface area contributed by atoms with Crippen molar-refractivity contribution in [1.82, 2.24) is 9.51 Å². The smallest absolute Gasteiger partial charge is 0.417 e. The second-order valence-corrected chi connectivity index (χ2v) is 3.66. The molecule has 0 saturated carbocycles. The molecule has 0 fully saturated rings. The van der Waals surface area contributed by atoms with E-state index in [9.17, 15) is 18.0 Å². The number of carbonyl (C=O) groups is 1. The first-order valence-corrected chi connectivity index (χ1v) is 4.90. The number of ether oxygens (including phenoxy) is 1. The van der Waals surface area contributed by atoms with Gasteiger partial charge in [-0.05, 0) is 12.1 Å². The number of aromatic nitrogens is 1. The predicted molar refractivity (Wildman–Crippen MR) is 54.3 cm³/mol. The van der Waals surface area contributed by atoms with Gasteiger partial charge >= 0.3 is 11.9 Å². The minimum atomic E-state index is -4.51. The van der Waals surface area contributed by atoms with Crippen LogP contribution in [0.25, 0.3) is 0 Å². The average Bonchev–Trinajstić information content (AvgIpc) is 2.71. The van der Waals surface area contributed by atoms with Gasteiger partial charge in [-0.15, -0.1) is 9.63 Å². The maximum absolute atomic E-state index is 12.3. The van der Waals surface area contributed by atoms with Gasteiger partial charge in [0.05, 0.1) is 5.56 Å². The summed E-state index contributed by atoms with van der Waals surface area (Å²) < 4.78 is 42.6. The number of pyridine rings is 1. The van der Waals surface area contributed by atoms with E-state index in [1.807, 2.05) is 0 Å². The molecule has 2 rings (SSSR count). The quantitative estimate of drug-likeness (QED) is 0.613. The predicted octanol–water partition coefficient (Wildman–Crippen LogP) is 1.88. The summed E-state index contributed by atoms with van der Waals surface area (Å²) in [5.41, 5.74) is -2.86. The van der Waals surface area contributed by atoms with Gasteiger partial charge < -0.3 is 4.74 Å². The molecule has 0 aromatic carbocycles. The monoisotopic (exact) mass is 279 g/mol. The molecule has 2 heterocycles. The Morgan fingerprint density at radius 3 is 2.56 bits per heavy atom. The van der Waals surface area contributed by atoms with Crippen molar-refractivity contribution in [3.63, 3.8) is 0 Å². The van der Waals surface area contributed by atoms with Gasteiger partial charge in [0, 0.05) is 18.0 Å². The first-order valence-electron chi connectivity index (χ1n) is 4.56. The summed E-state index contributed by atoms with van der Waals surface area (Å²) in [4.78, 5) is 14.6. The lowest BCUT2D eigenvalue weighted by Gasteiger charge is -2.24. The number of carbonyl (C=O) groups excluding carboxylic acids is 1. The van der Waals surface area contributed by atoms with Crippen LogP contribution in [0.2, 0.25) is 0 Å². The first-order chi connectivity index (χ1) is 8.40. The fourth-order valence-electron chi connectivity index (χ4n) is 1.33. The number of rotatable bonds is 2. The van der Waals surface area contributed by atoms with Crippen LogP contribution in [-0.2, 0) is 21.4 Å². The van der Waals surface area contributed by atoms with Crippen molar-refractivity contribution < 1.29 is 22.7 Å². The van der Waals surface area contributed by atoms with Crippen LogP contribution in [0, 0.1) is 0 Å². The summed E-state index contributed by atoms with van der Waals surface area (Å²) in [6, 6.07) is 1.78. The molecule has 1 unspecified atom stereocenters. The van der Waals surface area contributed by atoms with Crippen molar-refractivity contribution in [3.05, 3.63) is 29.6 Å². The molecule has 1 aliphatic rings. The van der Waals surface area contributed by atoms with Crippen molar-refractivity contribution in [2.75, 3.05) is 0 Å². The zero-order valence-corrected chi connectivity index (χ0v) is 9.31. The topological polar surface area (TPSA) is 54.8 Å². The molecule has 0 amide bonds. The van der Waals surface area contributed by atoms with Crippen LogP contribution in [0.4, 0.5) is 13.2 Å². The second kappa shape index (κ2) is 4.13. The Kier molecular flexibility index (Phi) is 2.89. The van der Waals surface area contributed by atoms with Gasteiger partial charge in [-0.1, -0.05) is 0 Å². The molecule has 1 aromatic heterocycles. The highest BCUT2D eigenvalue weighted by atomic mass is 35.5. The Morgan fingerprint density at radius 2 is 2.17 bits per heavy atom. The fraction of sp³-hybridized carbons (Fsp3) is 0.222. The number of alkyl halides is 3. The van der Waals surface area contributed by atoms with E-state index in [4.69, 9.17) is 16.5 Å². The van der Waals surface area contributed by atoms with Crippen LogP contribution in [0.5, 0.6) is 0 Å². The molecule has 0 N–H and O–H groups in total. The first kappa shape index (κ1) is 12.6. The molecule has 1 aliphatic heterocycles. The van der Waals surface area contributed by atoms with Crippen LogP contribution in [0.1, 0.15) is 11.3 Å². The Morgan fingerprint density at radius 1 is 1.44 bits per heavy atom. The van der Waals surface area contributed by atoms with Crippen molar-refractivity contribution in [3.8, 4) is 0 Å². The van der Waals surface area contributed by atoms with Crippen LogP contribution in [-0.4, -0.2) is 22.2 Å². The van der Waals surface area contributed by atoms with E-state index in [1.165, 1.54) is 0 Å². The van der Waals surface area contributed by atoms with E-state index in [1.54, 1.807) is 0 Å². The molecule has 0 bridgehead atoms. The number of nitrogens with zero attached hydrogens (tertiary/aromatic N) is 3. The number of aldehydes is 1. The Labute approximate surface area is 104 Å². The van der Waals surface area contributed by atoms with E-state index < -0.39 is 17.5 Å². The van der Waals surface area contributed by atoms with Crippen LogP contribution in [0.15, 0.2) is 23.4 Å². The Hall–Kier alpha value is -1.83. The molecular weight excluding hydrogens is 275 g/mol. The Bertz CT molecular complexity index is 491. The van der Waals surface area contributed by atoms with Crippen LogP contribution < -0.4 is 0 Å². The molecule has 9 heteroatoms. The number of hydrogen-bond acceptors (Lipinski definition) is 5. The second-order valence-electron chi connectivity index (χ2n) is 3.34. The normalized spacial score (nSPS) is 23.0. The highest BCUT2D eigenvalue weighted by molar-refractivity contribution is 6.15. The summed E-state index contributed by atoms with van der Waals surface area (Å²) in [6.45, 7) is 0. The summed E-state index contributed by atoms with van der Waals surface area (Å²) in [7, 11) is 0. The van der Waals surface area contributed by atoms with E-state index in [0.29, 0.717) is 17.0 Å². The minimum absolute atomic E-state index is 0.0991. The minimum Gasteiger partial charge on any atom is -0.440 e. The molecule has 0 aliphatic carbocycles. The molecule has 0 saturated heterocycles. The van der Waals surface area contributed by atoms with Gasteiger partial charge in [-0.25, -0.2) is 0 Å². The molecule has 0 radical (unpaired) electrons. The van der Waals surface area contributed by atoms with Gasteiger partial charge in [-0.3, -0.25) is 9.78 Å². The van der Waals surface area contributed by atoms with Crippen molar-refractivity contribution in [2.45, 2.75) is 11.9 Å². The summed E-state index contributed by atoms with van der Waals surface area (Å²) in [5.74, 6) is 0. The van der Waals surface area contributed by atoms with Gasteiger partial charge in [0.2, 0.25) is 0 Å². The lowest BCUT2D eigenvalue weighted by Crippen LogP contribution is -2.38. The van der Waals surface area contributed by atoms with Crippen LogP contribution >= 0.6 is 11.8 Å². The molecule has 18 heavy (non-hydrogen) atoms. The number of halogens is 4. The largest absolute Gasteiger partial charge is 0.440 e. The Balaban J connectivity index is 2.38. The molecular formula is C9H5ClF3N3O2. The summed E-state index contributed by atoms with van der Waals surface area (Å²) >= 11 is 5.62. The van der Waals surface area contributed by atoms with E-state index in [2.05, 4.69) is 10.1 Å². The zero-order chi connectivity index (χ0) is 13.4. The maximum Gasteiger partial charge on any atom is 0.417 e. The van der Waals surface area contributed by atoms with Gasteiger partial charge in [0.25, 0.3) is 0 Å². The third kappa shape index (κ3) is 1.88. The molecule has 1 aromatic rings. The number of hydrazone groups is 1. The van der Waals surface area contributed by atoms with Crippen molar-refractivity contribution in [2.24, 2.45) is 5.10 Å². The van der Waals surface area contributed by atoms with Crippen molar-refractivity contribution >= 4 is 24.5 Å². The van der Waals surface area contributed by atoms with Gasteiger partial charge in [-0.2, -0.15) is 13.2 Å². The lowest BCUT2D eigenvalue weighted by atomic mass is 10.1. The summed E-state index contributed by atoms with van der Waals surface area (Å²) in [5, 5.41) is 3.47. The highest BCUT2D eigenvalue weighted by Crippen LogP contribution is 2.34. The van der Waals surface area contributed by atoms with E-state index in [0.717, 1.165) is 18.5 Å².